The van der Waals surface area contributed by atoms with E-state index in [1.165, 1.54) is 24.8 Å². The van der Waals surface area contributed by atoms with Gasteiger partial charge in [0, 0.05) is 37.5 Å². The second-order valence-corrected chi connectivity index (χ2v) is 13.2. The number of hydrogen-bond acceptors (Lipinski definition) is 6. The predicted molar refractivity (Wildman–Crippen MR) is 168 cm³/mol. The highest BCUT2D eigenvalue weighted by atomic mass is 32.1. The molecule has 0 aliphatic heterocycles. The van der Waals surface area contributed by atoms with Gasteiger partial charge in [0.1, 0.15) is 6.04 Å². The molecule has 0 saturated heterocycles. The molecule has 8 nitrogen and oxygen atoms in total. The maximum atomic E-state index is 13.7. The van der Waals surface area contributed by atoms with Crippen LogP contribution in [0.5, 0.6) is 0 Å². The van der Waals surface area contributed by atoms with Gasteiger partial charge < -0.3 is 20.9 Å². The van der Waals surface area contributed by atoms with Gasteiger partial charge in [-0.1, -0.05) is 65.5 Å². The molecule has 1 aromatic carbocycles. The molecule has 0 bridgehead atoms. The Balaban J connectivity index is 1.76. The summed E-state index contributed by atoms with van der Waals surface area (Å²) in [6.45, 7) is 11.0. The van der Waals surface area contributed by atoms with E-state index in [9.17, 15) is 14.4 Å². The number of carbonyl (C=O) groups is 3. The summed E-state index contributed by atoms with van der Waals surface area (Å²) in [5.41, 5.74) is 2.64. The fourth-order valence-electron chi connectivity index (χ4n) is 5.43. The van der Waals surface area contributed by atoms with Crippen molar-refractivity contribution < 1.29 is 14.4 Å². The highest BCUT2D eigenvalue weighted by molar-refractivity contribution is 7.18. The van der Waals surface area contributed by atoms with Gasteiger partial charge in [-0.05, 0) is 56.5 Å². The molecule has 3 N–H and O–H groups in total. The number of thiazole rings is 1. The van der Waals surface area contributed by atoms with Gasteiger partial charge in [0.25, 0.3) is 0 Å². The molecule has 1 aliphatic rings. The van der Waals surface area contributed by atoms with Crippen LogP contribution in [-0.2, 0) is 20.8 Å². The smallest absolute Gasteiger partial charge is 0.247 e. The SMILES string of the molecule is C=C(CN(C)C)C(=O)NC[C@H](CC1CCCCC1)NC(=O)[C@H](Cc1nc2ccc(C(C)C)cc2s1)NC(=O)CCC. The maximum absolute atomic E-state index is 13.7. The molecule has 2 atom stereocenters. The number of benzene rings is 1. The van der Waals surface area contributed by atoms with Crippen molar-refractivity contribution in [1.82, 2.24) is 25.8 Å². The van der Waals surface area contributed by atoms with Crippen molar-refractivity contribution in [3.05, 3.63) is 40.9 Å². The second kappa shape index (κ2) is 16.0. The van der Waals surface area contributed by atoms with E-state index in [0.717, 1.165) is 34.5 Å². The summed E-state index contributed by atoms with van der Waals surface area (Å²) in [5.74, 6) is 0.332. The molecule has 9 heteroatoms. The van der Waals surface area contributed by atoms with Crippen molar-refractivity contribution in [3.8, 4) is 0 Å². The second-order valence-electron chi connectivity index (χ2n) is 12.1. The van der Waals surface area contributed by atoms with Crippen LogP contribution in [0.1, 0.15) is 88.6 Å². The van der Waals surface area contributed by atoms with E-state index in [1.54, 1.807) is 11.3 Å². The summed E-state index contributed by atoms with van der Waals surface area (Å²) in [6, 6.07) is 5.31. The molecule has 1 fully saturated rings. The van der Waals surface area contributed by atoms with E-state index in [2.05, 4.69) is 48.5 Å². The van der Waals surface area contributed by atoms with E-state index in [4.69, 9.17) is 4.98 Å². The summed E-state index contributed by atoms with van der Waals surface area (Å²) in [5, 5.41) is 9.96. The topological polar surface area (TPSA) is 103 Å². The van der Waals surface area contributed by atoms with Crippen LogP contribution in [0.15, 0.2) is 30.4 Å². The van der Waals surface area contributed by atoms with Crippen LogP contribution in [0.25, 0.3) is 10.2 Å². The van der Waals surface area contributed by atoms with Crippen LogP contribution in [0.2, 0.25) is 0 Å². The molecule has 0 radical (unpaired) electrons. The molecule has 226 valence electrons. The average molecular weight is 584 g/mol. The Bertz CT molecular complexity index is 1190. The van der Waals surface area contributed by atoms with E-state index in [-0.39, 0.29) is 23.8 Å². The van der Waals surface area contributed by atoms with Gasteiger partial charge >= 0.3 is 0 Å². The van der Waals surface area contributed by atoms with Gasteiger partial charge in [0.05, 0.1) is 15.2 Å². The summed E-state index contributed by atoms with van der Waals surface area (Å²) in [7, 11) is 3.79. The number of fused-ring (bicyclic) bond motifs is 1. The zero-order valence-corrected chi connectivity index (χ0v) is 26.4. The molecule has 1 aromatic heterocycles. The molecular weight excluding hydrogens is 534 g/mol. The molecule has 1 saturated carbocycles. The largest absolute Gasteiger partial charge is 0.350 e. The first-order valence-corrected chi connectivity index (χ1v) is 16.0. The van der Waals surface area contributed by atoms with Gasteiger partial charge in [-0.3, -0.25) is 14.4 Å². The Morgan fingerprint density at radius 1 is 1.12 bits per heavy atom. The Morgan fingerprint density at radius 3 is 2.51 bits per heavy atom. The number of likely N-dealkylation sites (N-methyl/N-ethyl adjacent to an activating group) is 1. The lowest BCUT2D eigenvalue weighted by Gasteiger charge is -2.29. The minimum absolute atomic E-state index is 0.145. The Kier molecular flexibility index (Phi) is 12.8. The predicted octanol–water partition coefficient (Wildman–Crippen LogP) is 4.94. The van der Waals surface area contributed by atoms with Crippen molar-refractivity contribution in [1.29, 1.82) is 0 Å². The third-order valence-electron chi connectivity index (χ3n) is 7.66. The number of nitrogens with one attached hydrogen (secondary N) is 3. The molecular formula is C32H49N5O3S. The van der Waals surface area contributed by atoms with Gasteiger partial charge in [0.15, 0.2) is 0 Å². The van der Waals surface area contributed by atoms with Gasteiger partial charge in [0.2, 0.25) is 17.7 Å². The van der Waals surface area contributed by atoms with Gasteiger partial charge in [-0.2, -0.15) is 0 Å². The molecule has 0 spiro atoms. The van der Waals surface area contributed by atoms with Crippen molar-refractivity contribution in [3.63, 3.8) is 0 Å². The highest BCUT2D eigenvalue weighted by Gasteiger charge is 2.27. The number of rotatable bonds is 15. The molecule has 3 rings (SSSR count). The maximum Gasteiger partial charge on any atom is 0.247 e. The molecule has 41 heavy (non-hydrogen) atoms. The summed E-state index contributed by atoms with van der Waals surface area (Å²) in [6.07, 6.45) is 8.08. The lowest BCUT2D eigenvalue weighted by molar-refractivity contribution is -0.129. The summed E-state index contributed by atoms with van der Waals surface area (Å²) in [4.78, 5) is 45.8. The third-order valence-corrected chi connectivity index (χ3v) is 8.70. The van der Waals surface area contributed by atoms with Crippen LogP contribution >= 0.6 is 11.3 Å². The molecule has 3 amide bonds. The minimum Gasteiger partial charge on any atom is -0.350 e. The van der Waals surface area contributed by atoms with Crippen LogP contribution in [0, 0.1) is 5.92 Å². The fraction of sp³-hybridized carbons (Fsp3) is 0.625. The van der Waals surface area contributed by atoms with Crippen molar-refractivity contribution in [2.24, 2.45) is 5.92 Å². The van der Waals surface area contributed by atoms with E-state index >= 15 is 0 Å². The fourth-order valence-corrected chi connectivity index (χ4v) is 6.49. The molecule has 1 aliphatic carbocycles. The summed E-state index contributed by atoms with van der Waals surface area (Å²) < 4.78 is 1.08. The monoisotopic (exact) mass is 583 g/mol. The first kappa shape index (κ1) is 32.7. The first-order chi connectivity index (χ1) is 19.5. The van der Waals surface area contributed by atoms with Crippen LogP contribution in [-0.4, -0.2) is 66.9 Å². The Morgan fingerprint density at radius 2 is 1.85 bits per heavy atom. The highest BCUT2D eigenvalue weighted by Crippen LogP contribution is 2.28. The zero-order chi connectivity index (χ0) is 29.9. The number of aromatic nitrogens is 1. The van der Waals surface area contributed by atoms with Crippen LogP contribution < -0.4 is 16.0 Å². The van der Waals surface area contributed by atoms with Crippen molar-refractivity contribution in [2.75, 3.05) is 27.2 Å². The Labute approximate surface area is 249 Å². The summed E-state index contributed by atoms with van der Waals surface area (Å²) >= 11 is 1.57. The van der Waals surface area contributed by atoms with Crippen molar-refractivity contribution in [2.45, 2.75) is 96.6 Å². The van der Waals surface area contributed by atoms with E-state index in [1.807, 2.05) is 32.0 Å². The van der Waals surface area contributed by atoms with Gasteiger partial charge in [-0.25, -0.2) is 4.98 Å². The zero-order valence-electron chi connectivity index (χ0n) is 25.6. The first-order valence-electron chi connectivity index (χ1n) is 15.2. The molecule has 1 heterocycles. The standard InChI is InChI=1S/C32H49N5O3S/c1-7-11-29(38)35-27(18-30-36-26-15-14-24(21(2)3)17-28(26)41-30)32(40)34-25(16-23-12-9-8-10-13-23)19-33-31(39)22(4)20-37(5)6/h14-15,17,21,23,25,27H,4,7-13,16,18-20H2,1-3,5-6H3,(H,33,39)(H,34,40)(H,35,38)/t25-,27-/m0/s1. The number of hydrogen-bond donors (Lipinski definition) is 3. The van der Waals surface area contributed by atoms with E-state index < -0.39 is 6.04 Å². The van der Waals surface area contributed by atoms with Crippen LogP contribution in [0.4, 0.5) is 0 Å². The molecule has 2 aromatic rings. The molecule has 0 unspecified atom stereocenters. The van der Waals surface area contributed by atoms with Crippen LogP contribution in [0.3, 0.4) is 0 Å². The number of amides is 3. The third kappa shape index (κ3) is 10.5. The lowest BCUT2D eigenvalue weighted by Crippen LogP contribution is -2.53. The minimum atomic E-state index is -0.743. The van der Waals surface area contributed by atoms with Gasteiger partial charge in [-0.15, -0.1) is 11.3 Å². The van der Waals surface area contributed by atoms with Crippen molar-refractivity contribution >= 4 is 39.3 Å². The number of carbonyl (C=O) groups excluding carboxylic acids is 3. The average Bonchev–Trinajstić information content (AvgIpc) is 3.33. The lowest BCUT2D eigenvalue weighted by atomic mass is 9.84. The quantitative estimate of drug-likeness (QED) is 0.258. The van der Waals surface area contributed by atoms with E-state index in [0.29, 0.717) is 49.8 Å². The Hall–Kier alpha value is -2.78. The normalized spacial score (nSPS) is 15.6. The number of nitrogens with zero attached hydrogens (tertiary/aromatic N) is 2.